The van der Waals surface area contributed by atoms with E-state index in [9.17, 15) is 4.79 Å². The third-order valence-corrected chi connectivity index (χ3v) is 5.54. The van der Waals surface area contributed by atoms with Gasteiger partial charge in [0.1, 0.15) is 6.61 Å². The number of nitrogens with zero attached hydrogens (tertiary/aromatic N) is 2. The number of esters is 1. The van der Waals surface area contributed by atoms with E-state index in [1.807, 2.05) is 48.5 Å². The van der Waals surface area contributed by atoms with Crippen molar-refractivity contribution < 1.29 is 19.0 Å². The zero-order valence-electron chi connectivity index (χ0n) is 19.6. The molecule has 180 valence electrons. The summed E-state index contributed by atoms with van der Waals surface area (Å²) in [5.74, 6) is 2.12. The van der Waals surface area contributed by atoms with Crippen molar-refractivity contribution in [3.05, 3.63) is 59.7 Å². The predicted molar refractivity (Wildman–Crippen MR) is 140 cm³/mol. The van der Waals surface area contributed by atoms with Gasteiger partial charge in [-0.2, -0.15) is 0 Å². The largest absolute Gasteiger partial charge is 0.493 e. The monoisotopic (exact) mass is 567 g/mol. The quantitative estimate of drug-likeness (QED) is 0.223. The maximum Gasteiger partial charge on any atom is 0.308 e. The summed E-state index contributed by atoms with van der Waals surface area (Å²) in [7, 11) is 3.10. The lowest BCUT2D eigenvalue weighted by molar-refractivity contribution is -0.146. The van der Waals surface area contributed by atoms with Crippen molar-refractivity contribution in [2.24, 2.45) is 10.9 Å². The van der Waals surface area contributed by atoms with Crippen LogP contribution in [0.5, 0.6) is 11.5 Å². The molecular weight excluding hydrogens is 533 g/mol. The van der Waals surface area contributed by atoms with Gasteiger partial charge in [-0.1, -0.05) is 36.4 Å². The van der Waals surface area contributed by atoms with Crippen LogP contribution in [0.25, 0.3) is 0 Å². The smallest absolute Gasteiger partial charge is 0.308 e. The fourth-order valence-electron chi connectivity index (χ4n) is 3.75. The molecule has 33 heavy (non-hydrogen) atoms. The Morgan fingerprint density at radius 3 is 2.42 bits per heavy atom. The highest BCUT2D eigenvalue weighted by Crippen LogP contribution is 2.29. The number of piperidine rings is 1. The number of ether oxygens (including phenoxy) is 3. The van der Waals surface area contributed by atoms with Crippen LogP contribution in [0, 0.1) is 5.92 Å². The SMILES string of the molecule is CCNC(=NCc1ccc(OCc2ccccc2)c(OC)c1)N1CCC(C(=O)OC)CC1.I. The third-order valence-electron chi connectivity index (χ3n) is 5.54. The Morgan fingerprint density at radius 2 is 1.79 bits per heavy atom. The molecule has 0 aliphatic carbocycles. The number of hydrogen-bond donors (Lipinski definition) is 1. The van der Waals surface area contributed by atoms with Gasteiger partial charge in [0.25, 0.3) is 0 Å². The van der Waals surface area contributed by atoms with E-state index in [1.165, 1.54) is 7.11 Å². The summed E-state index contributed by atoms with van der Waals surface area (Å²) in [6.07, 6.45) is 1.55. The lowest BCUT2D eigenvalue weighted by atomic mass is 9.97. The van der Waals surface area contributed by atoms with Crippen molar-refractivity contribution in [3.63, 3.8) is 0 Å². The Kier molecular flexibility index (Phi) is 11.3. The normalized spacial score (nSPS) is 14.3. The van der Waals surface area contributed by atoms with E-state index >= 15 is 0 Å². The second-order valence-corrected chi connectivity index (χ2v) is 7.71. The Labute approximate surface area is 213 Å². The second-order valence-electron chi connectivity index (χ2n) is 7.71. The summed E-state index contributed by atoms with van der Waals surface area (Å²) in [4.78, 5) is 18.8. The van der Waals surface area contributed by atoms with Gasteiger partial charge in [-0.25, -0.2) is 4.99 Å². The molecule has 2 aromatic rings. The summed E-state index contributed by atoms with van der Waals surface area (Å²) in [6, 6.07) is 16.0. The van der Waals surface area contributed by atoms with Crippen molar-refractivity contribution in [2.45, 2.75) is 32.9 Å². The molecular formula is C25H34IN3O4. The molecule has 0 aromatic heterocycles. The Balaban J connectivity index is 0.00000385. The molecule has 1 saturated heterocycles. The number of methoxy groups -OCH3 is 2. The number of likely N-dealkylation sites (tertiary alicyclic amines) is 1. The maximum atomic E-state index is 11.8. The number of nitrogens with one attached hydrogen (secondary N) is 1. The van der Waals surface area contributed by atoms with Crippen molar-refractivity contribution in [3.8, 4) is 11.5 Å². The Bertz CT molecular complexity index is 900. The first kappa shape index (κ1) is 26.8. The van der Waals surface area contributed by atoms with Crippen molar-refractivity contribution in [1.82, 2.24) is 10.2 Å². The van der Waals surface area contributed by atoms with Crippen LogP contribution in [0.15, 0.2) is 53.5 Å². The summed E-state index contributed by atoms with van der Waals surface area (Å²) in [6.45, 7) is 5.40. The van der Waals surface area contributed by atoms with E-state index in [2.05, 4.69) is 17.1 Å². The highest BCUT2D eigenvalue weighted by molar-refractivity contribution is 14.0. The predicted octanol–water partition coefficient (Wildman–Crippen LogP) is 4.24. The minimum atomic E-state index is -0.117. The number of guanidine groups is 1. The summed E-state index contributed by atoms with van der Waals surface area (Å²) in [5.41, 5.74) is 2.14. The van der Waals surface area contributed by atoms with Gasteiger partial charge in [0.15, 0.2) is 17.5 Å². The standard InChI is InChI=1S/C25H33N3O4.HI/c1-4-26-25(28-14-12-21(13-15-28)24(29)31-3)27-17-20-10-11-22(23(16-20)30-2)32-18-19-8-6-5-7-9-19;/h5-11,16,21H,4,12-15,17-18H2,1-3H3,(H,26,27);1H. The van der Waals surface area contributed by atoms with Crippen LogP contribution in [0.1, 0.15) is 30.9 Å². The average molecular weight is 567 g/mol. The molecule has 1 heterocycles. The highest BCUT2D eigenvalue weighted by atomic mass is 127. The number of halogens is 1. The van der Waals surface area contributed by atoms with E-state index in [0.717, 1.165) is 49.6 Å². The Hall–Kier alpha value is -2.49. The molecule has 0 unspecified atom stereocenters. The molecule has 2 aromatic carbocycles. The summed E-state index contributed by atoms with van der Waals surface area (Å²) >= 11 is 0. The molecule has 0 amide bonds. The van der Waals surface area contributed by atoms with Crippen LogP contribution in [0.3, 0.4) is 0 Å². The van der Waals surface area contributed by atoms with Crippen molar-refractivity contribution >= 4 is 35.9 Å². The lowest BCUT2D eigenvalue weighted by Crippen LogP contribution is -2.46. The van der Waals surface area contributed by atoms with Crippen LogP contribution < -0.4 is 14.8 Å². The van der Waals surface area contributed by atoms with Crippen molar-refractivity contribution in [1.29, 1.82) is 0 Å². The van der Waals surface area contributed by atoms with Gasteiger partial charge in [0, 0.05) is 19.6 Å². The third kappa shape index (κ3) is 7.80. The first-order chi connectivity index (χ1) is 15.6. The zero-order chi connectivity index (χ0) is 22.8. The Morgan fingerprint density at radius 1 is 1.06 bits per heavy atom. The van der Waals surface area contributed by atoms with Crippen LogP contribution >= 0.6 is 24.0 Å². The fourth-order valence-corrected chi connectivity index (χ4v) is 3.75. The lowest BCUT2D eigenvalue weighted by Gasteiger charge is -2.33. The van der Waals surface area contributed by atoms with E-state index in [1.54, 1.807) is 7.11 Å². The molecule has 7 nitrogen and oxygen atoms in total. The number of carbonyl (C=O) groups is 1. The molecule has 1 fully saturated rings. The molecule has 1 N–H and O–H groups in total. The van der Waals surface area contributed by atoms with Gasteiger partial charge in [-0.05, 0) is 43.0 Å². The number of benzene rings is 2. The minimum absolute atomic E-state index is 0. The first-order valence-electron chi connectivity index (χ1n) is 11.1. The van der Waals surface area contributed by atoms with E-state index in [0.29, 0.717) is 24.7 Å². The van der Waals surface area contributed by atoms with Gasteiger partial charge >= 0.3 is 5.97 Å². The van der Waals surface area contributed by atoms with Crippen molar-refractivity contribution in [2.75, 3.05) is 33.9 Å². The van der Waals surface area contributed by atoms with Gasteiger partial charge < -0.3 is 24.4 Å². The topological polar surface area (TPSA) is 72.4 Å². The molecule has 1 aliphatic rings. The van der Waals surface area contributed by atoms with Gasteiger partial charge in [0.05, 0.1) is 26.7 Å². The average Bonchev–Trinajstić information content (AvgIpc) is 2.85. The summed E-state index contributed by atoms with van der Waals surface area (Å²) < 4.78 is 16.4. The second kappa shape index (κ2) is 13.9. The fraction of sp³-hybridized carbons (Fsp3) is 0.440. The molecule has 3 rings (SSSR count). The molecule has 0 bridgehead atoms. The molecule has 1 aliphatic heterocycles. The minimum Gasteiger partial charge on any atom is -0.493 e. The molecule has 8 heteroatoms. The van der Waals surface area contributed by atoms with E-state index in [4.69, 9.17) is 19.2 Å². The van der Waals surface area contributed by atoms with Gasteiger partial charge in [0.2, 0.25) is 0 Å². The number of carbonyl (C=O) groups excluding carboxylic acids is 1. The van der Waals surface area contributed by atoms with Crippen LogP contribution in [-0.4, -0.2) is 50.7 Å². The number of rotatable bonds is 8. The first-order valence-corrected chi connectivity index (χ1v) is 11.1. The van der Waals surface area contributed by atoms with Crippen LogP contribution in [0.2, 0.25) is 0 Å². The maximum absolute atomic E-state index is 11.8. The number of hydrogen-bond acceptors (Lipinski definition) is 5. The van der Waals surface area contributed by atoms with Crippen LogP contribution in [0.4, 0.5) is 0 Å². The number of aliphatic imine (C=N–C) groups is 1. The molecule has 0 saturated carbocycles. The molecule has 0 spiro atoms. The van der Waals surface area contributed by atoms with Crippen LogP contribution in [-0.2, 0) is 22.7 Å². The van der Waals surface area contributed by atoms with E-state index < -0.39 is 0 Å². The van der Waals surface area contributed by atoms with Gasteiger partial charge in [-0.15, -0.1) is 24.0 Å². The van der Waals surface area contributed by atoms with E-state index in [-0.39, 0.29) is 35.9 Å². The zero-order valence-corrected chi connectivity index (χ0v) is 21.9. The molecule has 0 radical (unpaired) electrons. The summed E-state index contributed by atoms with van der Waals surface area (Å²) in [5, 5.41) is 3.36. The highest BCUT2D eigenvalue weighted by Gasteiger charge is 2.26. The van der Waals surface area contributed by atoms with Gasteiger partial charge in [-0.3, -0.25) is 4.79 Å². The molecule has 0 atom stereocenters.